The van der Waals surface area contributed by atoms with Gasteiger partial charge in [0.25, 0.3) is 11.5 Å². The second-order valence-corrected chi connectivity index (χ2v) is 11.8. The van der Waals surface area contributed by atoms with Crippen LogP contribution in [-0.2, 0) is 14.8 Å². The zero-order chi connectivity index (χ0) is 25.9. The second-order valence-electron chi connectivity index (χ2n) is 9.45. The van der Waals surface area contributed by atoms with E-state index in [-0.39, 0.29) is 40.5 Å². The minimum absolute atomic E-state index is 0.0872. The molecule has 0 unspecified atom stereocenters. The van der Waals surface area contributed by atoms with E-state index in [1.807, 2.05) is 0 Å². The van der Waals surface area contributed by atoms with Crippen LogP contribution in [0.15, 0.2) is 40.2 Å². The summed E-state index contributed by atoms with van der Waals surface area (Å²) in [5, 5.41) is 7.64. The molecule has 10 nitrogen and oxygen atoms in total. The van der Waals surface area contributed by atoms with Gasteiger partial charge in [-0.15, -0.1) is 0 Å². The molecule has 4 rings (SSSR count). The van der Waals surface area contributed by atoms with Gasteiger partial charge in [-0.05, 0) is 55.9 Å². The largest absolute Gasteiger partial charge is 0.382 e. The minimum Gasteiger partial charge on any atom is -0.382 e. The monoisotopic (exact) mass is 537 g/mol. The highest BCUT2D eigenvalue weighted by molar-refractivity contribution is 7.89. The normalized spacial score (nSPS) is 19.7. The summed E-state index contributed by atoms with van der Waals surface area (Å²) in [7, 11) is -0.438. The Balaban J connectivity index is 1.39. The number of piperidine rings is 1. The van der Waals surface area contributed by atoms with Crippen LogP contribution in [0.2, 0.25) is 5.02 Å². The molecule has 2 aliphatic heterocycles. The lowest BCUT2D eigenvalue weighted by Crippen LogP contribution is -2.41. The summed E-state index contributed by atoms with van der Waals surface area (Å²) >= 11 is 6.37. The topological polar surface area (TPSA) is 114 Å². The van der Waals surface area contributed by atoms with Gasteiger partial charge in [0, 0.05) is 45.9 Å². The van der Waals surface area contributed by atoms with Crippen molar-refractivity contribution in [2.75, 3.05) is 52.3 Å². The number of hydrogen-bond acceptors (Lipinski definition) is 7. The molecule has 12 heteroatoms. The maximum atomic E-state index is 13.1. The van der Waals surface area contributed by atoms with Crippen molar-refractivity contribution < 1.29 is 17.9 Å². The Morgan fingerprint density at radius 1 is 1.19 bits per heavy atom. The smallest absolute Gasteiger partial charge is 0.287 e. The molecule has 0 bridgehead atoms. The van der Waals surface area contributed by atoms with Crippen molar-refractivity contribution in [2.45, 2.75) is 36.6 Å². The zero-order valence-electron chi connectivity index (χ0n) is 20.5. The third-order valence-corrected chi connectivity index (χ3v) is 8.97. The summed E-state index contributed by atoms with van der Waals surface area (Å²) in [4.78, 5) is 26.6. The number of benzene rings is 1. The first kappa shape index (κ1) is 26.6. The molecule has 0 radical (unpaired) electrons. The minimum atomic E-state index is -3.72. The second kappa shape index (κ2) is 11.3. The van der Waals surface area contributed by atoms with Gasteiger partial charge in [0.2, 0.25) is 10.0 Å². The molecule has 36 heavy (non-hydrogen) atoms. The number of halogens is 1. The van der Waals surface area contributed by atoms with E-state index < -0.39 is 10.0 Å². The van der Waals surface area contributed by atoms with E-state index in [1.54, 1.807) is 20.3 Å². The molecule has 2 saturated heterocycles. The standard InChI is InChI=1S/C24H32ClN5O5S/c1-28(2)23(31)18-5-7-20(8-6-18)36(33,34)29-11-9-19(10-12-29)30-24(32)22(25)21(15-27-30)26-14-17-4-3-13-35-16-17/h5-8,15,17,19,26H,3-4,9-14,16H2,1-2H3/t17-/m0/s1. The van der Waals surface area contributed by atoms with Crippen LogP contribution in [0.5, 0.6) is 0 Å². The predicted octanol–water partition coefficient (Wildman–Crippen LogP) is 2.46. The summed E-state index contributed by atoms with van der Waals surface area (Å²) in [5.74, 6) is 0.175. The van der Waals surface area contributed by atoms with Gasteiger partial charge in [0.05, 0.1) is 29.4 Å². The van der Waals surface area contributed by atoms with E-state index in [1.165, 1.54) is 38.2 Å². The maximum Gasteiger partial charge on any atom is 0.287 e. The molecule has 1 atom stereocenters. The molecule has 0 aliphatic carbocycles. The number of aromatic nitrogens is 2. The molecule has 0 saturated carbocycles. The van der Waals surface area contributed by atoms with Crippen LogP contribution in [0, 0.1) is 5.92 Å². The molecule has 3 heterocycles. The van der Waals surface area contributed by atoms with Crippen LogP contribution in [0.3, 0.4) is 0 Å². The van der Waals surface area contributed by atoms with Crippen LogP contribution in [0.1, 0.15) is 42.1 Å². The van der Waals surface area contributed by atoms with Gasteiger partial charge in [-0.1, -0.05) is 11.6 Å². The summed E-state index contributed by atoms with van der Waals surface area (Å²) in [6.45, 7) is 2.64. The third-order valence-electron chi connectivity index (χ3n) is 6.69. The average Bonchev–Trinajstić information content (AvgIpc) is 2.90. The fourth-order valence-corrected chi connectivity index (χ4v) is 6.23. The van der Waals surface area contributed by atoms with Gasteiger partial charge in [-0.2, -0.15) is 9.40 Å². The summed E-state index contributed by atoms with van der Waals surface area (Å²) in [5.41, 5.74) is 0.536. The molecule has 196 valence electrons. The van der Waals surface area contributed by atoms with E-state index >= 15 is 0 Å². The summed E-state index contributed by atoms with van der Waals surface area (Å²) < 4.78 is 34.5. The van der Waals surface area contributed by atoms with Gasteiger partial charge in [-0.3, -0.25) is 9.59 Å². The first-order valence-electron chi connectivity index (χ1n) is 12.1. The van der Waals surface area contributed by atoms with Crippen molar-refractivity contribution in [3.63, 3.8) is 0 Å². The molecule has 1 amide bonds. The lowest BCUT2D eigenvalue weighted by Gasteiger charge is -2.31. The van der Waals surface area contributed by atoms with E-state index in [2.05, 4.69) is 10.4 Å². The maximum absolute atomic E-state index is 13.1. The van der Waals surface area contributed by atoms with Gasteiger partial charge in [0.15, 0.2) is 0 Å². The highest BCUT2D eigenvalue weighted by Gasteiger charge is 2.31. The van der Waals surface area contributed by atoms with Crippen molar-refractivity contribution in [2.24, 2.45) is 5.92 Å². The molecule has 1 aromatic carbocycles. The van der Waals surface area contributed by atoms with Gasteiger partial charge >= 0.3 is 0 Å². The highest BCUT2D eigenvalue weighted by atomic mass is 35.5. The van der Waals surface area contributed by atoms with Crippen molar-refractivity contribution in [1.29, 1.82) is 0 Å². The summed E-state index contributed by atoms with van der Waals surface area (Å²) in [6.07, 6.45) is 4.52. The van der Waals surface area contributed by atoms with Crippen LogP contribution in [0.25, 0.3) is 0 Å². The molecule has 2 fully saturated rings. The Labute approximate surface area is 216 Å². The van der Waals surface area contributed by atoms with Crippen LogP contribution >= 0.6 is 11.6 Å². The molecular weight excluding hydrogens is 506 g/mol. The molecule has 0 spiro atoms. The Hall–Kier alpha value is -2.47. The molecule has 1 aromatic heterocycles. The molecular formula is C24H32ClN5O5S. The predicted molar refractivity (Wildman–Crippen MR) is 137 cm³/mol. The Bertz CT molecular complexity index is 1230. The van der Waals surface area contributed by atoms with Crippen molar-refractivity contribution in [1.82, 2.24) is 19.0 Å². The average molecular weight is 538 g/mol. The number of ether oxygens (including phenoxy) is 1. The number of carbonyl (C=O) groups is 1. The van der Waals surface area contributed by atoms with E-state index in [9.17, 15) is 18.0 Å². The first-order chi connectivity index (χ1) is 17.2. The number of nitrogens with zero attached hydrogens (tertiary/aromatic N) is 4. The van der Waals surface area contributed by atoms with Crippen molar-refractivity contribution in [3.8, 4) is 0 Å². The van der Waals surface area contributed by atoms with Crippen LogP contribution in [-0.4, -0.2) is 80.3 Å². The molecule has 1 N–H and O–H groups in total. The highest BCUT2D eigenvalue weighted by Crippen LogP contribution is 2.27. The lowest BCUT2D eigenvalue weighted by molar-refractivity contribution is 0.0595. The number of hydrogen-bond donors (Lipinski definition) is 1. The molecule has 2 aromatic rings. The van der Waals surface area contributed by atoms with Gasteiger partial charge < -0.3 is 15.0 Å². The van der Waals surface area contributed by atoms with Gasteiger partial charge in [0.1, 0.15) is 5.02 Å². The number of carbonyl (C=O) groups excluding carboxylic acids is 1. The number of sulfonamides is 1. The number of amides is 1. The fourth-order valence-electron chi connectivity index (χ4n) is 4.55. The Morgan fingerprint density at radius 2 is 1.89 bits per heavy atom. The van der Waals surface area contributed by atoms with Crippen molar-refractivity contribution in [3.05, 3.63) is 51.4 Å². The summed E-state index contributed by atoms with van der Waals surface area (Å²) in [6, 6.07) is 5.70. The SMILES string of the molecule is CN(C)C(=O)c1ccc(S(=O)(=O)N2CCC(n3ncc(NC[C@@H]4CCCOC4)c(Cl)c3=O)CC2)cc1. The van der Waals surface area contributed by atoms with Crippen LogP contribution < -0.4 is 10.9 Å². The van der Waals surface area contributed by atoms with Gasteiger partial charge in [-0.25, -0.2) is 13.1 Å². The van der Waals surface area contributed by atoms with E-state index in [0.717, 1.165) is 19.4 Å². The quantitative estimate of drug-likeness (QED) is 0.577. The lowest BCUT2D eigenvalue weighted by atomic mass is 10.0. The first-order valence-corrected chi connectivity index (χ1v) is 13.9. The Morgan fingerprint density at radius 3 is 2.50 bits per heavy atom. The number of rotatable bonds is 7. The number of anilines is 1. The number of nitrogens with one attached hydrogen (secondary N) is 1. The fraction of sp³-hybridized carbons (Fsp3) is 0.542. The van der Waals surface area contributed by atoms with Crippen LogP contribution in [0.4, 0.5) is 5.69 Å². The Kier molecular flexibility index (Phi) is 8.34. The third kappa shape index (κ3) is 5.74. The van der Waals surface area contributed by atoms with E-state index in [4.69, 9.17) is 16.3 Å². The zero-order valence-corrected chi connectivity index (χ0v) is 22.1. The molecule has 2 aliphatic rings. The van der Waals surface area contributed by atoms with Crippen molar-refractivity contribution >= 4 is 33.2 Å². The van der Waals surface area contributed by atoms with E-state index in [0.29, 0.717) is 43.2 Å².